The summed E-state index contributed by atoms with van der Waals surface area (Å²) in [5, 5.41) is 12.0. The molecule has 3 aromatic carbocycles. The van der Waals surface area contributed by atoms with Gasteiger partial charge >= 0.3 is 0 Å². The first-order valence-corrected chi connectivity index (χ1v) is 13.8. The topological polar surface area (TPSA) is 118 Å². The summed E-state index contributed by atoms with van der Waals surface area (Å²) in [6.45, 7) is 3.60. The van der Waals surface area contributed by atoms with Crippen molar-refractivity contribution in [2.24, 2.45) is 0 Å². The molecule has 0 radical (unpaired) electrons. The zero-order chi connectivity index (χ0) is 27.4. The third-order valence-corrected chi connectivity index (χ3v) is 8.22. The minimum atomic E-state index is -3.96. The van der Waals surface area contributed by atoms with Crippen molar-refractivity contribution in [3.8, 4) is 28.8 Å². The molecule has 0 fully saturated rings. The number of aromatic nitrogens is 1. The summed E-state index contributed by atoms with van der Waals surface area (Å²) in [5.41, 5.74) is 3.42. The van der Waals surface area contributed by atoms with Crippen LogP contribution in [0.1, 0.15) is 32.4 Å². The van der Waals surface area contributed by atoms with E-state index in [0.717, 1.165) is 11.1 Å². The zero-order valence-electron chi connectivity index (χ0n) is 21.2. The van der Waals surface area contributed by atoms with Crippen molar-refractivity contribution in [2.75, 3.05) is 18.9 Å². The van der Waals surface area contributed by atoms with Crippen molar-refractivity contribution in [1.82, 2.24) is 4.98 Å². The van der Waals surface area contributed by atoms with Gasteiger partial charge in [-0.25, -0.2) is 13.4 Å². The number of Topliss-reactive ketones (excluding diaryl/α,β-unsaturated/α-hetero) is 1. The van der Waals surface area contributed by atoms with Gasteiger partial charge in [-0.2, -0.15) is 5.26 Å². The Morgan fingerprint density at radius 2 is 1.71 bits per heavy atom. The maximum Gasteiger partial charge on any atom is 0.261 e. The molecule has 10 heteroatoms. The highest BCUT2D eigenvalue weighted by Crippen LogP contribution is 2.34. The Morgan fingerprint density at radius 1 is 1.00 bits per heavy atom. The fraction of sp³-hybridized carbons (Fsp3) is 0.179. The Balaban J connectivity index is 1.63. The minimum Gasteiger partial charge on any atom is -0.493 e. The molecule has 0 aliphatic rings. The van der Waals surface area contributed by atoms with Gasteiger partial charge in [-0.3, -0.25) is 9.52 Å². The number of nitriles is 1. The Bertz CT molecular complexity index is 1640. The summed E-state index contributed by atoms with van der Waals surface area (Å²) in [7, 11) is -0.883. The normalized spacial score (nSPS) is 11.9. The van der Waals surface area contributed by atoms with Gasteiger partial charge in [0.2, 0.25) is 0 Å². The number of nitrogens with zero attached hydrogens (tertiary/aromatic N) is 2. The maximum absolute atomic E-state index is 13.5. The van der Waals surface area contributed by atoms with Crippen LogP contribution in [0, 0.1) is 25.2 Å². The number of anilines is 1. The Hall–Kier alpha value is -4.20. The van der Waals surface area contributed by atoms with Crippen LogP contribution >= 0.6 is 11.3 Å². The fourth-order valence-corrected chi connectivity index (χ4v) is 5.75. The molecule has 4 aromatic rings. The summed E-state index contributed by atoms with van der Waals surface area (Å²) in [5.74, 6) is -0.625. The summed E-state index contributed by atoms with van der Waals surface area (Å²) < 4.78 is 39.2. The summed E-state index contributed by atoms with van der Waals surface area (Å²) in [6, 6.07) is 18.6. The second kappa shape index (κ2) is 11.0. The standard InChI is InChI=1S/C28H25N3O5S2/c1-17-5-9-20(10-6-17)31-38(33,34)21-11-7-18(2)22(14-21)27(32)23(15-29)28-30-24(16-37-28)19-8-12-25(35-3)26(13-19)36-4/h5-14,16,23,31H,1-4H3. The third-order valence-electron chi connectivity index (χ3n) is 5.93. The molecule has 194 valence electrons. The second-order valence-corrected chi connectivity index (χ2v) is 11.1. The van der Waals surface area contributed by atoms with Gasteiger partial charge in [0.25, 0.3) is 10.0 Å². The second-order valence-electron chi connectivity index (χ2n) is 8.52. The summed E-state index contributed by atoms with van der Waals surface area (Å²) >= 11 is 1.18. The number of carbonyl (C=O) groups excluding carboxylic acids is 1. The monoisotopic (exact) mass is 547 g/mol. The Kier molecular flexibility index (Phi) is 7.80. The van der Waals surface area contributed by atoms with Gasteiger partial charge < -0.3 is 9.47 Å². The predicted octanol–water partition coefficient (Wildman–Crippen LogP) is 5.74. The van der Waals surface area contributed by atoms with Crippen LogP contribution in [0.15, 0.2) is 70.9 Å². The molecule has 0 saturated carbocycles. The Morgan fingerprint density at radius 3 is 2.37 bits per heavy atom. The predicted molar refractivity (Wildman–Crippen MR) is 147 cm³/mol. The van der Waals surface area contributed by atoms with Crippen LogP contribution in [0.25, 0.3) is 11.3 Å². The van der Waals surface area contributed by atoms with Crippen LogP contribution < -0.4 is 14.2 Å². The lowest BCUT2D eigenvalue weighted by atomic mass is 9.96. The zero-order valence-corrected chi connectivity index (χ0v) is 22.8. The van der Waals surface area contributed by atoms with E-state index in [-0.39, 0.29) is 10.5 Å². The molecule has 0 aliphatic heterocycles. The number of hydrogen-bond donors (Lipinski definition) is 1. The lowest BCUT2D eigenvalue weighted by Crippen LogP contribution is -2.16. The number of methoxy groups -OCH3 is 2. The van der Waals surface area contributed by atoms with Gasteiger partial charge in [0.05, 0.1) is 30.9 Å². The van der Waals surface area contributed by atoms with Gasteiger partial charge in [0, 0.05) is 22.2 Å². The van der Waals surface area contributed by atoms with Gasteiger partial charge in [-0.15, -0.1) is 11.3 Å². The van der Waals surface area contributed by atoms with E-state index in [1.165, 1.54) is 30.6 Å². The molecule has 0 bridgehead atoms. The van der Waals surface area contributed by atoms with Crippen molar-refractivity contribution in [3.05, 3.63) is 87.7 Å². The molecule has 0 aliphatic carbocycles. The highest BCUT2D eigenvalue weighted by Gasteiger charge is 2.28. The SMILES string of the molecule is COc1ccc(-c2csc(C(C#N)C(=O)c3cc(S(=O)(=O)Nc4ccc(C)cc4)ccc3C)n2)cc1OC. The molecule has 0 spiro atoms. The number of rotatable bonds is 9. The van der Waals surface area contributed by atoms with Crippen molar-refractivity contribution in [3.63, 3.8) is 0 Å². The number of thiazole rings is 1. The number of ketones is 1. The number of carbonyl (C=O) groups is 1. The molecule has 1 N–H and O–H groups in total. The molecule has 1 unspecified atom stereocenters. The highest BCUT2D eigenvalue weighted by atomic mass is 32.2. The van der Waals surface area contributed by atoms with Crippen LogP contribution in [0.2, 0.25) is 0 Å². The van der Waals surface area contributed by atoms with E-state index >= 15 is 0 Å². The fourth-order valence-electron chi connectivity index (χ4n) is 3.80. The molecule has 38 heavy (non-hydrogen) atoms. The van der Waals surface area contributed by atoms with E-state index < -0.39 is 21.7 Å². The van der Waals surface area contributed by atoms with Gasteiger partial charge in [0.1, 0.15) is 5.01 Å². The van der Waals surface area contributed by atoms with E-state index in [1.54, 1.807) is 61.9 Å². The number of aryl methyl sites for hydroxylation is 2. The van der Waals surface area contributed by atoms with Crippen molar-refractivity contribution in [2.45, 2.75) is 24.7 Å². The molecule has 4 rings (SSSR count). The van der Waals surface area contributed by atoms with Gasteiger partial charge in [0.15, 0.2) is 23.2 Å². The lowest BCUT2D eigenvalue weighted by molar-refractivity contribution is 0.0978. The molecular weight excluding hydrogens is 522 g/mol. The molecule has 1 atom stereocenters. The Labute approximate surface area is 225 Å². The molecule has 8 nitrogen and oxygen atoms in total. The van der Waals surface area contributed by atoms with Crippen LogP contribution in [-0.4, -0.2) is 33.4 Å². The molecular formula is C28H25N3O5S2. The summed E-state index contributed by atoms with van der Waals surface area (Å²) in [4.78, 5) is 18.0. The maximum atomic E-state index is 13.5. The van der Waals surface area contributed by atoms with Crippen molar-refractivity contribution in [1.29, 1.82) is 5.26 Å². The number of nitrogens with one attached hydrogen (secondary N) is 1. The lowest BCUT2D eigenvalue weighted by Gasteiger charge is -2.12. The average Bonchev–Trinajstić information content (AvgIpc) is 3.39. The number of ether oxygens (including phenoxy) is 2. The molecule has 0 saturated heterocycles. The van der Waals surface area contributed by atoms with Gasteiger partial charge in [-0.1, -0.05) is 23.8 Å². The molecule has 1 aromatic heterocycles. The van der Waals surface area contributed by atoms with E-state index in [9.17, 15) is 18.5 Å². The molecule has 0 amide bonds. The van der Waals surface area contributed by atoms with Crippen LogP contribution in [0.4, 0.5) is 5.69 Å². The molecule has 1 heterocycles. The highest BCUT2D eigenvalue weighted by molar-refractivity contribution is 7.92. The minimum absolute atomic E-state index is 0.0751. The van der Waals surface area contributed by atoms with Crippen molar-refractivity contribution < 1.29 is 22.7 Å². The quantitative estimate of drug-likeness (QED) is 0.266. The first-order chi connectivity index (χ1) is 18.2. The first-order valence-electron chi connectivity index (χ1n) is 11.5. The first kappa shape index (κ1) is 26.9. The summed E-state index contributed by atoms with van der Waals surface area (Å²) in [6.07, 6.45) is 0. The van der Waals surface area contributed by atoms with Crippen LogP contribution in [0.5, 0.6) is 11.5 Å². The van der Waals surface area contributed by atoms with Crippen LogP contribution in [0.3, 0.4) is 0 Å². The van der Waals surface area contributed by atoms with Gasteiger partial charge in [-0.05, 0) is 61.9 Å². The largest absolute Gasteiger partial charge is 0.493 e. The van der Waals surface area contributed by atoms with E-state index in [2.05, 4.69) is 9.71 Å². The van der Waals surface area contributed by atoms with E-state index in [4.69, 9.17) is 9.47 Å². The average molecular weight is 548 g/mol. The van der Waals surface area contributed by atoms with E-state index in [1.807, 2.05) is 19.1 Å². The number of benzene rings is 3. The number of sulfonamides is 1. The smallest absolute Gasteiger partial charge is 0.261 e. The van der Waals surface area contributed by atoms with E-state index in [0.29, 0.717) is 33.5 Å². The van der Waals surface area contributed by atoms with Crippen molar-refractivity contribution >= 4 is 32.8 Å². The van der Waals surface area contributed by atoms with Crippen LogP contribution in [-0.2, 0) is 10.0 Å². The third kappa shape index (κ3) is 5.54. The number of hydrogen-bond acceptors (Lipinski definition) is 8.